The molecule has 2 unspecified atom stereocenters. The molecule has 0 bridgehead atoms. The fourth-order valence-corrected chi connectivity index (χ4v) is 4.36. The molecule has 5 heteroatoms. The molecule has 2 aliphatic rings. The summed E-state index contributed by atoms with van der Waals surface area (Å²) in [5, 5.41) is 17.9. The number of fused-ring (bicyclic) bond motifs is 1. The van der Waals surface area contributed by atoms with E-state index in [0.29, 0.717) is 0 Å². The van der Waals surface area contributed by atoms with Crippen molar-refractivity contribution < 1.29 is 14.6 Å². The molecule has 2 aliphatic heterocycles. The topological polar surface area (TPSA) is 62.5 Å². The summed E-state index contributed by atoms with van der Waals surface area (Å²) in [6.45, 7) is 2.19. The fourth-order valence-electron chi connectivity index (χ4n) is 3.38. The van der Waals surface area contributed by atoms with E-state index in [0.717, 1.165) is 43.0 Å². The molecule has 0 radical (unpaired) electrons. The lowest BCUT2D eigenvalue weighted by molar-refractivity contribution is -0.155. The zero-order valence-electron chi connectivity index (χ0n) is 12.1. The maximum Gasteiger partial charge on any atom is 0.106 e. The number of nitrogens with zero attached hydrogens (tertiary/aromatic N) is 1. The molecule has 0 amide bonds. The zero-order chi connectivity index (χ0) is 14.6. The summed E-state index contributed by atoms with van der Waals surface area (Å²) in [6, 6.07) is 2.30. The molecule has 1 N–H and O–H groups in total. The van der Waals surface area contributed by atoms with Crippen molar-refractivity contribution >= 4 is 22.6 Å². The molecule has 0 saturated carbocycles. The van der Waals surface area contributed by atoms with E-state index >= 15 is 0 Å². The Morgan fingerprint density at radius 1 is 1.45 bits per heavy atom. The number of hydrogen-bond donors (Lipinski definition) is 1. The quantitative estimate of drug-likeness (QED) is 0.557. The summed E-state index contributed by atoms with van der Waals surface area (Å²) < 4.78 is 13.5. The van der Waals surface area contributed by atoms with Crippen LogP contribution >= 0.6 is 22.6 Å². The molecule has 2 rings (SSSR count). The molecule has 2 heterocycles. The number of rotatable bonds is 6. The van der Waals surface area contributed by atoms with Gasteiger partial charge >= 0.3 is 0 Å². The average Bonchev–Trinajstić information content (AvgIpc) is 2.83. The highest BCUT2D eigenvalue weighted by atomic mass is 127. The average molecular weight is 393 g/mol. The first-order chi connectivity index (χ1) is 9.63. The monoisotopic (exact) mass is 393 g/mol. The molecule has 0 aromatic carbocycles. The first kappa shape index (κ1) is 16.5. The number of nitriles is 1. The van der Waals surface area contributed by atoms with E-state index in [2.05, 4.69) is 28.7 Å². The van der Waals surface area contributed by atoms with Gasteiger partial charge in [0.15, 0.2) is 0 Å². The van der Waals surface area contributed by atoms with E-state index in [9.17, 15) is 0 Å². The van der Waals surface area contributed by atoms with Gasteiger partial charge in [0, 0.05) is 23.4 Å². The minimum absolute atomic E-state index is 0.0512. The van der Waals surface area contributed by atoms with Crippen LogP contribution in [-0.4, -0.2) is 40.1 Å². The van der Waals surface area contributed by atoms with Crippen molar-refractivity contribution in [2.45, 2.75) is 69.4 Å². The Balaban J connectivity index is 1.96. The van der Waals surface area contributed by atoms with Crippen LogP contribution in [0.25, 0.3) is 0 Å². The SMILES string of the molecule is C[C@@H](C#N)CC1CC[C@@H]2O[C@@H](CCCO)CC2(CI)O1. The molecule has 0 spiro atoms. The third kappa shape index (κ3) is 3.65. The summed E-state index contributed by atoms with van der Waals surface area (Å²) in [6.07, 6.45) is 6.07. The van der Waals surface area contributed by atoms with Gasteiger partial charge in [-0.25, -0.2) is 0 Å². The van der Waals surface area contributed by atoms with E-state index in [4.69, 9.17) is 19.8 Å². The maximum absolute atomic E-state index is 8.96. The Labute approximate surface area is 135 Å². The van der Waals surface area contributed by atoms with Crippen LogP contribution in [0.2, 0.25) is 0 Å². The standard InChI is InChI=1S/C15H24INO3/c1-11(9-17)7-12-4-5-14-15(10-16,20-12)8-13(19-14)3-2-6-18/h11-14,18H,2-8,10H2,1H3/t11-,12?,13+,14+,15?/m1/s1. The van der Waals surface area contributed by atoms with Crippen molar-refractivity contribution in [3.05, 3.63) is 0 Å². The Bertz CT molecular complexity index is 360. The van der Waals surface area contributed by atoms with Crippen LogP contribution in [-0.2, 0) is 9.47 Å². The Morgan fingerprint density at radius 3 is 2.90 bits per heavy atom. The molecule has 4 nitrogen and oxygen atoms in total. The second-order valence-corrected chi connectivity index (χ2v) is 6.86. The lowest BCUT2D eigenvalue weighted by Gasteiger charge is -2.41. The van der Waals surface area contributed by atoms with E-state index in [-0.39, 0.29) is 36.4 Å². The van der Waals surface area contributed by atoms with Crippen LogP contribution in [0.5, 0.6) is 0 Å². The summed E-state index contributed by atoms with van der Waals surface area (Å²) >= 11 is 2.40. The van der Waals surface area contributed by atoms with Crippen molar-refractivity contribution in [1.82, 2.24) is 0 Å². The van der Waals surface area contributed by atoms with Crippen molar-refractivity contribution in [3.63, 3.8) is 0 Å². The van der Waals surface area contributed by atoms with Gasteiger partial charge in [0.1, 0.15) is 5.60 Å². The van der Waals surface area contributed by atoms with E-state index in [1.807, 2.05) is 6.92 Å². The van der Waals surface area contributed by atoms with Gasteiger partial charge in [0.25, 0.3) is 0 Å². The van der Waals surface area contributed by atoms with Crippen molar-refractivity contribution in [1.29, 1.82) is 5.26 Å². The predicted octanol–water partition coefficient (Wildman–Crippen LogP) is 2.82. The lowest BCUT2D eigenvalue weighted by Crippen LogP contribution is -2.50. The predicted molar refractivity (Wildman–Crippen MR) is 84.7 cm³/mol. The van der Waals surface area contributed by atoms with Gasteiger partial charge in [0.05, 0.1) is 24.4 Å². The molecule has 0 aromatic heterocycles. The van der Waals surface area contributed by atoms with Crippen LogP contribution in [0.1, 0.15) is 45.4 Å². The normalized spacial score (nSPS) is 38.2. The molecular formula is C15H24INO3. The summed E-state index contributed by atoms with van der Waals surface area (Å²) in [5.41, 5.74) is -0.168. The van der Waals surface area contributed by atoms with Gasteiger partial charge in [-0.05, 0) is 39.0 Å². The largest absolute Gasteiger partial charge is 0.396 e. The molecule has 20 heavy (non-hydrogen) atoms. The number of ether oxygens (including phenoxy) is 2. The molecular weight excluding hydrogens is 369 g/mol. The fraction of sp³-hybridized carbons (Fsp3) is 0.933. The summed E-state index contributed by atoms with van der Waals surface area (Å²) in [4.78, 5) is 0. The van der Waals surface area contributed by atoms with Gasteiger partial charge < -0.3 is 14.6 Å². The van der Waals surface area contributed by atoms with Crippen LogP contribution in [0.15, 0.2) is 0 Å². The van der Waals surface area contributed by atoms with Crippen molar-refractivity contribution in [2.24, 2.45) is 5.92 Å². The van der Waals surface area contributed by atoms with E-state index < -0.39 is 0 Å². The van der Waals surface area contributed by atoms with Gasteiger partial charge in [-0.2, -0.15) is 5.26 Å². The van der Waals surface area contributed by atoms with Crippen LogP contribution in [0, 0.1) is 17.2 Å². The number of aliphatic hydroxyl groups excluding tert-OH is 1. The summed E-state index contributed by atoms with van der Waals surface area (Å²) in [5.74, 6) is 0.0512. The number of hydrogen-bond acceptors (Lipinski definition) is 4. The minimum Gasteiger partial charge on any atom is -0.396 e. The highest BCUT2D eigenvalue weighted by Gasteiger charge is 2.52. The Kier molecular flexibility index (Phi) is 6.09. The van der Waals surface area contributed by atoms with Crippen LogP contribution in [0.3, 0.4) is 0 Å². The Morgan fingerprint density at radius 2 is 2.25 bits per heavy atom. The van der Waals surface area contributed by atoms with Gasteiger partial charge in [-0.3, -0.25) is 0 Å². The summed E-state index contributed by atoms with van der Waals surface area (Å²) in [7, 11) is 0. The molecule has 0 aromatic rings. The second-order valence-electron chi connectivity index (χ2n) is 6.10. The highest BCUT2D eigenvalue weighted by molar-refractivity contribution is 14.1. The van der Waals surface area contributed by atoms with E-state index in [1.54, 1.807) is 0 Å². The first-order valence-corrected chi connectivity index (χ1v) is 9.06. The van der Waals surface area contributed by atoms with Gasteiger partial charge in [-0.15, -0.1) is 0 Å². The maximum atomic E-state index is 8.96. The zero-order valence-corrected chi connectivity index (χ0v) is 14.2. The molecule has 0 aliphatic carbocycles. The number of aliphatic hydroxyl groups is 1. The number of alkyl halides is 1. The van der Waals surface area contributed by atoms with Crippen molar-refractivity contribution in [2.75, 3.05) is 11.0 Å². The second kappa shape index (κ2) is 7.39. The van der Waals surface area contributed by atoms with E-state index in [1.165, 1.54) is 0 Å². The highest BCUT2D eigenvalue weighted by Crippen LogP contribution is 2.44. The molecule has 2 fully saturated rings. The van der Waals surface area contributed by atoms with Crippen LogP contribution in [0.4, 0.5) is 0 Å². The molecule has 2 saturated heterocycles. The lowest BCUT2D eigenvalue weighted by atomic mass is 9.86. The molecule has 5 atom stereocenters. The third-order valence-electron chi connectivity index (χ3n) is 4.42. The number of halogens is 1. The molecule has 114 valence electrons. The Hall–Kier alpha value is 0.1000. The van der Waals surface area contributed by atoms with Crippen molar-refractivity contribution in [3.8, 4) is 6.07 Å². The minimum atomic E-state index is -0.168. The van der Waals surface area contributed by atoms with Gasteiger partial charge in [-0.1, -0.05) is 22.6 Å². The third-order valence-corrected chi connectivity index (χ3v) is 5.71. The van der Waals surface area contributed by atoms with Crippen LogP contribution < -0.4 is 0 Å². The van der Waals surface area contributed by atoms with Gasteiger partial charge in [0.2, 0.25) is 0 Å². The first-order valence-electron chi connectivity index (χ1n) is 7.53. The smallest absolute Gasteiger partial charge is 0.106 e.